The first-order valence-electron chi connectivity index (χ1n) is 2.84. The highest BCUT2D eigenvalue weighted by Crippen LogP contribution is 1.76. The molecule has 3 nitrogen and oxygen atoms in total. The summed E-state index contributed by atoms with van der Waals surface area (Å²) < 4.78 is 0. The van der Waals surface area contributed by atoms with Crippen LogP contribution in [0.5, 0.6) is 0 Å². The van der Waals surface area contributed by atoms with Crippen molar-refractivity contribution in [3.05, 3.63) is 11.9 Å². The summed E-state index contributed by atoms with van der Waals surface area (Å²) >= 11 is 0. The van der Waals surface area contributed by atoms with Gasteiger partial charge in [0.05, 0.1) is 18.3 Å². The Bertz CT molecular complexity index is 132. The summed E-state index contributed by atoms with van der Waals surface area (Å²) in [7, 11) is 0. The van der Waals surface area contributed by atoms with Gasteiger partial charge in [-0.2, -0.15) is 5.26 Å². The summed E-state index contributed by atoms with van der Waals surface area (Å²) in [6, 6.07) is 2.00. The molecule has 0 saturated carbocycles. The van der Waals surface area contributed by atoms with E-state index in [1.54, 1.807) is 6.08 Å². The lowest BCUT2D eigenvalue weighted by atomic mass is 10.4. The van der Waals surface area contributed by atoms with Crippen molar-refractivity contribution in [1.29, 1.82) is 5.26 Å². The topological polar surface area (TPSA) is 61.8 Å². The first-order valence-corrected chi connectivity index (χ1v) is 2.84. The minimum Gasteiger partial charge on any atom is -0.386 e. The number of hydrogen-bond acceptors (Lipinski definition) is 3. The quantitative estimate of drug-likeness (QED) is 0.533. The highest BCUT2D eigenvalue weighted by molar-refractivity contribution is 4.91. The molecule has 0 aromatic carbocycles. The Morgan fingerprint density at radius 2 is 2.56 bits per heavy atom. The van der Waals surface area contributed by atoms with E-state index in [1.165, 1.54) is 0 Å². The molecule has 0 rings (SSSR count). The number of nitrogens with one attached hydrogen (secondary N) is 1. The summed E-state index contributed by atoms with van der Waals surface area (Å²) in [5.41, 5.74) is 5.35. The molecule has 0 heterocycles. The number of nitriles is 1. The van der Waals surface area contributed by atoms with Crippen molar-refractivity contribution >= 4 is 0 Å². The lowest BCUT2D eigenvalue weighted by Crippen LogP contribution is -2.20. The second kappa shape index (κ2) is 4.98. The molecule has 0 amide bonds. The first-order chi connectivity index (χ1) is 4.31. The molecule has 0 aromatic rings. The van der Waals surface area contributed by atoms with Crippen molar-refractivity contribution in [2.45, 2.75) is 13.3 Å². The molecule has 0 saturated heterocycles. The number of hydrogen-bond donors (Lipinski definition) is 2. The van der Waals surface area contributed by atoms with Crippen molar-refractivity contribution in [2.75, 3.05) is 6.54 Å². The molecule has 0 aromatic heterocycles. The third-order valence-corrected chi connectivity index (χ3v) is 0.877. The van der Waals surface area contributed by atoms with Crippen LogP contribution in [0.15, 0.2) is 11.9 Å². The van der Waals surface area contributed by atoms with Crippen molar-refractivity contribution in [1.82, 2.24) is 5.32 Å². The molecule has 0 aliphatic carbocycles. The minimum atomic E-state index is 0.495. The predicted octanol–water partition coefficient (Wildman–Crippen LogP) is 0.310. The lowest BCUT2D eigenvalue weighted by molar-refractivity contribution is 0.795. The fraction of sp³-hybridized carbons (Fsp3) is 0.500. The van der Waals surface area contributed by atoms with Crippen LogP contribution in [0.3, 0.4) is 0 Å². The van der Waals surface area contributed by atoms with E-state index in [2.05, 4.69) is 5.32 Å². The molecule has 9 heavy (non-hydrogen) atoms. The van der Waals surface area contributed by atoms with Crippen molar-refractivity contribution < 1.29 is 0 Å². The van der Waals surface area contributed by atoms with Gasteiger partial charge in [0, 0.05) is 6.54 Å². The predicted molar refractivity (Wildman–Crippen MR) is 36.2 cm³/mol. The van der Waals surface area contributed by atoms with Crippen molar-refractivity contribution in [2.24, 2.45) is 5.73 Å². The first kappa shape index (κ1) is 7.83. The Morgan fingerprint density at radius 3 is 3.00 bits per heavy atom. The molecule has 0 aliphatic rings. The molecule has 0 spiro atoms. The van der Waals surface area contributed by atoms with Gasteiger partial charge in [0.25, 0.3) is 0 Å². The summed E-state index contributed by atoms with van der Waals surface area (Å²) in [6.45, 7) is 2.47. The van der Waals surface area contributed by atoms with Gasteiger partial charge in [-0.3, -0.25) is 0 Å². The van der Waals surface area contributed by atoms with Crippen LogP contribution in [-0.2, 0) is 0 Å². The van der Waals surface area contributed by atoms with Crippen LogP contribution in [0.25, 0.3) is 0 Å². The summed E-state index contributed by atoms with van der Waals surface area (Å²) in [5.74, 6) is 0.630. The van der Waals surface area contributed by atoms with E-state index in [-0.39, 0.29) is 0 Å². The van der Waals surface area contributed by atoms with E-state index in [4.69, 9.17) is 11.0 Å². The minimum absolute atomic E-state index is 0.495. The van der Waals surface area contributed by atoms with Gasteiger partial charge in [-0.1, -0.05) is 0 Å². The standard InChI is InChI=1S/C6H11N3/c1-2-6(8)9-5-3-4-7/h2,9H,3,5,8H2,1H3. The zero-order chi connectivity index (χ0) is 7.11. The normalized spacial score (nSPS) is 10.4. The fourth-order valence-corrected chi connectivity index (χ4v) is 0.365. The van der Waals surface area contributed by atoms with E-state index in [0.29, 0.717) is 18.8 Å². The van der Waals surface area contributed by atoms with E-state index < -0.39 is 0 Å². The maximum Gasteiger partial charge on any atom is 0.0916 e. The van der Waals surface area contributed by atoms with Gasteiger partial charge in [0.2, 0.25) is 0 Å². The van der Waals surface area contributed by atoms with Gasteiger partial charge in [0.15, 0.2) is 0 Å². The Kier molecular flexibility index (Phi) is 4.33. The third kappa shape index (κ3) is 4.69. The van der Waals surface area contributed by atoms with Crippen LogP contribution < -0.4 is 11.1 Å². The van der Waals surface area contributed by atoms with Gasteiger partial charge in [-0.05, 0) is 13.0 Å². The van der Waals surface area contributed by atoms with Crippen LogP contribution >= 0.6 is 0 Å². The molecule has 3 N–H and O–H groups in total. The van der Waals surface area contributed by atoms with Crippen molar-refractivity contribution in [3.63, 3.8) is 0 Å². The van der Waals surface area contributed by atoms with Crippen LogP contribution in [0.2, 0.25) is 0 Å². The summed E-state index contributed by atoms with van der Waals surface area (Å²) in [6.07, 6.45) is 2.26. The Balaban J connectivity index is 3.20. The highest BCUT2D eigenvalue weighted by Gasteiger charge is 1.83. The van der Waals surface area contributed by atoms with Crippen LogP contribution in [0.4, 0.5) is 0 Å². The molecule has 50 valence electrons. The zero-order valence-electron chi connectivity index (χ0n) is 5.52. The average molecular weight is 125 g/mol. The second-order valence-electron chi connectivity index (χ2n) is 1.58. The second-order valence-corrected chi connectivity index (χ2v) is 1.58. The van der Waals surface area contributed by atoms with Gasteiger partial charge < -0.3 is 11.1 Å². The highest BCUT2D eigenvalue weighted by atomic mass is 15.0. The van der Waals surface area contributed by atoms with E-state index in [0.717, 1.165) is 0 Å². The average Bonchev–Trinajstić information content (AvgIpc) is 1.89. The smallest absolute Gasteiger partial charge is 0.0916 e. The number of allylic oxidation sites excluding steroid dienone is 1. The number of nitrogens with two attached hydrogens (primary N) is 1. The Labute approximate surface area is 55.2 Å². The molecule has 0 radical (unpaired) electrons. The van der Waals surface area contributed by atoms with E-state index in [9.17, 15) is 0 Å². The maximum atomic E-state index is 8.10. The van der Waals surface area contributed by atoms with Gasteiger partial charge >= 0.3 is 0 Å². The lowest BCUT2D eigenvalue weighted by Gasteiger charge is -2.00. The Hall–Kier alpha value is -1.17. The molecule has 3 heteroatoms. The van der Waals surface area contributed by atoms with Gasteiger partial charge in [-0.25, -0.2) is 0 Å². The zero-order valence-corrected chi connectivity index (χ0v) is 5.52. The number of nitrogens with zero attached hydrogens (tertiary/aromatic N) is 1. The van der Waals surface area contributed by atoms with Crippen LogP contribution in [0, 0.1) is 11.3 Å². The fourth-order valence-electron chi connectivity index (χ4n) is 0.365. The molecule has 0 aliphatic heterocycles. The Morgan fingerprint density at radius 1 is 1.89 bits per heavy atom. The summed E-state index contributed by atoms with van der Waals surface area (Å²) in [5, 5.41) is 11.0. The SMILES string of the molecule is CC=C(N)NCCC#N. The van der Waals surface area contributed by atoms with Crippen LogP contribution in [-0.4, -0.2) is 6.54 Å². The number of rotatable bonds is 3. The monoisotopic (exact) mass is 125 g/mol. The van der Waals surface area contributed by atoms with E-state index >= 15 is 0 Å². The summed E-state index contributed by atoms with van der Waals surface area (Å²) in [4.78, 5) is 0. The maximum absolute atomic E-state index is 8.10. The molecule has 0 fully saturated rings. The molecule has 0 atom stereocenters. The molecular weight excluding hydrogens is 114 g/mol. The van der Waals surface area contributed by atoms with Gasteiger partial charge in [0.1, 0.15) is 0 Å². The molecule has 0 unspecified atom stereocenters. The molecule has 0 bridgehead atoms. The third-order valence-electron chi connectivity index (χ3n) is 0.877. The van der Waals surface area contributed by atoms with Crippen LogP contribution in [0.1, 0.15) is 13.3 Å². The van der Waals surface area contributed by atoms with Gasteiger partial charge in [-0.15, -0.1) is 0 Å². The van der Waals surface area contributed by atoms with E-state index in [1.807, 2.05) is 13.0 Å². The largest absolute Gasteiger partial charge is 0.386 e. The molecular formula is C6H11N3. The van der Waals surface area contributed by atoms with Crippen molar-refractivity contribution in [3.8, 4) is 6.07 Å².